The quantitative estimate of drug-likeness (QED) is 0.0320. The van der Waals surface area contributed by atoms with Gasteiger partial charge in [0.25, 0.3) is 0 Å². The van der Waals surface area contributed by atoms with Crippen molar-refractivity contribution in [3.8, 4) is 0 Å². The van der Waals surface area contributed by atoms with Crippen LogP contribution in [0.4, 0.5) is 0 Å². The lowest BCUT2D eigenvalue weighted by molar-refractivity contribution is -0.143. The first kappa shape index (κ1) is 82.6. The van der Waals surface area contributed by atoms with Crippen molar-refractivity contribution >= 4 is 11.9 Å². The van der Waals surface area contributed by atoms with E-state index in [9.17, 15) is 19.8 Å². The molecule has 0 spiro atoms. The van der Waals surface area contributed by atoms with Gasteiger partial charge in [-0.25, -0.2) is 0 Å². The Morgan fingerprint density at radius 1 is 0.321 bits per heavy atom. The Bertz CT molecular complexity index is 1270. The second-order valence-electron chi connectivity index (χ2n) is 27.0. The molecule has 500 valence electrons. The maximum Gasteiger partial charge on any atom is 0.305 e. The molecule has 6 heteroatoms. The maximum atomic E-state index is 12.6. The lowest BCUT2D eigenvalue weighted by Gasteiger charge is -2.22. The van der Waals surface area contributed by atoms with E-state index >= 15 is 0 Å². The molecule has 6 nitrogen and oxygen atoms in total. The van der Waals surface area contributed by atoms with Crippen molar-refractivity contribution < 1.29 is 24.5 Å². The summed E-state index contributed by atoms with van der Waals surface area (Å²) in [5.41, 5.74) is 0. The second kappa shape index (κ2) is 74.1. The molecule has 0 radical (unpaired) electrons. The van der Waals surface area contributed by atoms with Crippen LogP contribution in [-0.4, -0.2) is 47.4 Å². The molecule has 0 bridgehead atoms. The highest BCUT2D eigenvalue weighted by Gasteiger charge is 2.20. The van der Waals surface area contributed by atoms with Crippen LogP contribution in [0.25, 0.3) is 0 Å². The molecular weight excluding hydrogens is 1030 g/mol. The van der Waals surface area contributed by atoms with Crippen LogP contribution in [0.5, 0.6) is 0 Å². The van der Waals surface area contributed by atoms with Crippen molar-refractivity contribution in [3.05, 3.63) is 12.2 Å². The SMILES string of the molecule is CCCCCCCCC/C=C\CCCCCCCC(=O)OCCCCCCCCCCCCCCCCCCCCCCCCCCCCCC(=O)NC(CO)C(O)CCCCCCCCCCCCCCCCCCCCCCCCCC. The predicted octanol–water partition coefficient (Wildman–Crippen LogP) is 25.5. The number of ether oxygens (including phenoxy) is 1. The van der Waals surface area contributed by atoms with Gasteiger partial charge in [0.05, 0.1) is 25.4 Å². The van der Waals surface area contributed by atoms with Crippen molar-refractivity contribution in [1.82, 2.24) is 5.32 Å². The summed E-state index contributed by atoms with van der Waals surface area (Å²) in [6.45, 7) is 5.00. The Kier molecular flexibility index (Phi) is 72.8. The van der Waals surface area contributed by atoms with E-state index in [1.807, 2.05) is 0 Å². The van der Waals surface area contributed by atoms with Crippen molar-refractivity contribution in [2.75, 3.05) is 13.2 Å². The molecule has 0 aromatic rings. The molecule has 0 aromatic carbocycles. The fraction of sp³-hybridized carbons (Fsp3) is 0.949. The first-order valence-electron chi connectivity index (χ1n) is 38.9. The number of esters is 1. The number of nitrogens with one attached hydrogen (secondary N) is 1. The molecule has 0 rings (SSSR count). The zero-order chi connectivity index (χ0) is 60.6. The van der Waals surface area contributed by atoms with Gasteiger partial charge in [-0.15, -0.1) is 0 Å². The summed E-state index contributed by atoms with van der Waals surface area (Å²) >= 11 is 0. The third-order valence-corrected chi connectivity index (χ3v) is 18.6. The molecule has 0 aliphatic heterocycles. The van der Waals surface area contributed by atoms with Crippen LogP contribution >= 0.6 is 0 Å². The van der Waals surface area contributed by atoms with Crippen LogP contribution in [0, 0.1) is 0 Å². The summed E-state index contributed by atoms with van der Waals surface area (Å²) in [7, 11) is 0. The average Bonchev–Trinajstić information content (AvgIpc) is 3.51. The van der Waals surface area contributed by atoms with Crippen LogP contribution < -0.4 is 5.32 Å². The molecule has 0 saturated heterocycles. The van der Waals surface area contributed by atoms with Crippen LogP contribution in [0.1, 0.15) is 450 Å². The number of allylic oxidation sites excluding steroid dienone is 2. The van der Waals surface area contributed by atoms with Crippen LogP contribution in [0.15, 0.2) is 12.2 Å². The minimum atomic E-state index is -0.663. The second-order valence-corrected chi connectivity index (χ2v) is 27.0. The van der Waals surface area contributed by atoms with E-state index in [4.69, 9.17) is 4.74 Å². The third-order valence-electron chi connectivity index (χ3n) is 18.6. The Morgan fingerprint density at radius 2 is 0.560 bits per heavy atom. The first-order valence-corrected chi connectivity index (χ1v) is 38.9. The maximum absolute atomic E-state index is 12.6. The lowest BCUT2D eigenvalue weighted by Crippen LogP contribution is -2.45. The molecule has 2 atom stereocenters. The normalized spacial score (nSPS) is 12.5. The molecule has 0 fully saturated rings. The largest absolute Gasteiger partial charge is 0.466 e. The van der Waals surface area contributed by atoms with Crippen LogP contribution in [0.2, 0.25) is 0 Å². The predicted molar refractivity (Wildman–Crippen MR) is 370 cm³/mol. The fourth-order valence-electron chi connectivity index (χ4n) is 12.6. The highest BCUT2D eigenvalue weighted by atomic mass is 16.5. The Hall–Kier alpha value is -1.40. The Morgan fingerprint density at radius 3 is 0.845 bits per heavy atom. The fourth-order valence-corrected chi connectivity index (χ4v) is 12.6. The minimum absolute atomic E-state index is 0.0121. The number of aliphatic hydroxyl groups is 2. The number of carbonyl (C=O) groups is 2. The van der Waals surface area contributed by atoms with Gasteiger partial charge >= 0.3 is 5.97 Å². The van der Waals surface area contributed by atoms with E-state index in [1.165, 1.54) is 372 Å². The van der Waals surface area contributed by atoms with E-state index in [-0.39, 0.29) is 18.5 Å². The van der Waals surface area contributed by atoms with Gasteiger partial charge in [-0.1, -0.05) is 398 Å². The van der Waals surface area contributed by atoms with E-state index < -0.39 is 12.1 Å². The molecular formula is C78H153NO5. The van der Waals surface area contributed by atoms with Crippen molar-refractivity contribution in [3.63, 3.8) is 0 Å². The molecule has 0 saturated carbocycles. The summed E-state index contributed by atoms with van der Waals surface area (Å²) in [6.07, 6.45) is 92.9. The number of unbranched alkanes of at least 4 members (excludes halogenated alkanes) is 61. The highest BCUT2D eigenvalue weighted by Crippen LogP contribution is 2.20. The van der Waals surface area contributed by atoms with Gasteiger partial charge < -0.3 is 20.3 Å². The number of aliphatic hydroxyl groups excluding tert-OH is 2. The van der Waals surface area contributed by atoms with Gasteiger partial charge in [-0.3, -0.25) is 9.59 Å². The van der Waals surface area contributed by atoms with E-state index in [0.29, 0.717) is 25.9 Å². The topological polar surface area (TPSA) is 95.9 Å². The zero-order valence-electron chi connectivity index (χ0n) is 57.4. The molecule has 84 heavy (non-hydrogen) atoms. The number of hydrogen-bond acceptors (Lipinski definition) is 5. The summed E-state index contributed by atoms with van der Waals surface area (Å²) < 4.78 is 5.50. The van der Waals surface area contributed by atoms with Gasteiger partial charge in [0.1, 0.15) is 0 Å². The Balaban J connectivity index is 3.35. The van der Waals surface area contributed by atoms with Gasteiger partial charge in [-0.05, 0) is 51.4 Å². The van der Waals surface area contributed by atoms with E-state index in [2.05, 4.69) is 31.3 Å². The van der Waals surface area contributed by atoms with Crippen molar-refractivity contribution in [1.29, 1.82) is 0 Å². The molecule has 0 aromatic heterocycles. The lowest BCUT2D eigenvalue weighted by atomic mass is 10.0. The van der Waals surface area contributed by atoms with Crippen molar-refractivity contribution in [2.45, 2.75) is 463 Å². The van der Waals surface area contributed by atoms with Crippen molar-refractivity contribution in [2.24, 2.45) is 0 Å². The Labute approximate surface area is 527 Å². The van der Waals surface area contributed by atoms with Gasteiger partial charge in [0.2, 0.25) is 5.91 Å². The zero-order valence-corrected chi connectivity index (χ0v) is 57.4. The van der Waals surface area contributed by atoms with Crippen LogP contribution in [-0.2, 0) is 14.3 Å². The van der Waals surface area contributed by atoms with Crippen LogP contribution in [0.3, 0.4) is 0 Å². The molecule has 3 N–H and O–H groups in total. The number of rotatable bonds is 74. The van der Waals surface area contributed by atoms with E-state index in [1.54, 1.807) is 0 Å². The monoisotopic (exact) mass is 1180 g/mol. The standard InChI is InChI=1S/C78H153NO5/c1-3-5-7-9-11-13-15-17-19-21-22-23-24-30-33-36-39-42-46-50-54-58-62-66-70-76(81)75(74-80)79-77(82)71-67-63-59-55-51-47-43-40-37-34-31-28-26-25-27-29-32-35-38-41-45-49-53-57-61-65-69-73-84-78(83)72-68-64-60-56-52-48-44-20-18-16-14-12-10-8-6-4-2/h20,44,75-76,80-81H,3-19,21-43,45-74H2,1-2H3,(H,79,82)/b44-20-. The van der Waals surface area contributed by atoms with E-state index in [0.717, 1.165) is 44.9 Å². The highest BCUT2D eigenvalue weighted by molar-refractivity contribution is 5.76. The molecule has 0 aliphatic carbocycles. The summed E-state index contributed by atoms with van der Waals surface area (Å²) in [5, 5.41) is 23.5. The summed E-state index contributed by atoms with van der Waals surface area (Å²) in [5.74, 6) is -0.0142. The number of hydrogen-bond donors (Lipinski definition) is 3. The summed E-state index contributed by atoms with van der Waals surface area (Å²) in [6, 6.07) is -0.540. The minimum Gasteiger partial charge on any atom is -0.466 e. The number of carbonyl (C=O) groups excluding carboxylic acids is 2. The smallest absolute Gasteiger partial charge is 0.305 e. The molecule has 0 aliphatic rings. The average molecular weight is 1190 g/mol. The summed E-state index contributed by atoms with van der Waals surface area (Å²) in [4.78, 5) is 24.7. The molecule has 2 unspecified atom stereocenters. The van der Waals surface area contributed by atoms with Gasteiger partial charge in [0, 0.05) is 12.8 Å². The number of amides is 1. The molecule has 0 heterocycles. The first-order chi connectivity index (χ1) is 41.5. The van der Waals surface area contributed by atoms with Gasteiger partial charge in [-0.2, -0.15) is 0 Å². The molecule has 1 amide bonds. The third kappa shape index (κ3) is 69.7. The van der Waals surface area contributed by atoms with Gasteiger partial charge in [0.15, 0.2) is 0 Å².